The van der Waals surface area contributed by atoms with E-state index in [1.165, 1.54) is 0 Å². The Balaban J connectivity index is 2.24. The smallest absolute Gasteiger partial charge is 0.310 e. The van der Waals surface area contributed by atoms with Gasteiger partial charge in [-0.2, -0.15) is 5.10 Å². The van der Waals surface area contributed by atoms with Crippen LogP contribution in [-0.2, 0) is 18.3 Å². The number of aromatic nitrogens is 2. The Kier molecular flexibility index (Phi) is 4.06. The molecule has 0 spiro atoms. The highest BCUT2D eigenvalue weighted by atomic mass is 16.4. The lowest BCUT2D eigenvalue weighted by Crippen LogP contribution is -2.36. The zero-order valence-corrected chi connectivity index (χ0v) is 10.0. The van der Waals surface area contributed by atoms with E-state index in [9.17, 15) is 4.79 Å². The minimum absolute atomic E-state index is 0.467. The molecule has 5 heteroatoms. The van der Waals surface area contributed by atoms with E-state index in [0.29, 0.717) is 6.54 Å². The van der Waals surface area contributed by atoms with Crippen molar-refractivity contribution in [3.8, 4) is 0 Å². The highest BCUT2D eigenvalue weighted by molar-refractivity contribution is 5.73. The summed E-state index contributed by atoms with van der Waals surface area (Å²) in [5.41, 5.74) is 0.299. The maximum Gasteiger partial charge on any atom is 0.310 e. The molecule has 5 nitrogen and oxygen atoms in total. The third-order valence-corrected chi connectivity index (χ3v) is 2.47. The van der Waals surface area contributed by atoms with Gasteiger partial charge < -0.3 is 10.4 Å². The molecule has 0 saturated heterocycles. The molecule has 16 heavy (non-hydrogen) atoms. The summed E-state index contributed by atoms with van der Waals surface area (Å²) >= 11 is 0. The predicted octanol–water partition coefficient (Wildman–Crippen LogP) is 0.663. The molecule has 2 N–H and O–H groups in total. The number of rotatable bonds is 6. The summed E-state index contributed by atoms with van der Waals surface area (Å²) in [5, 5.41) is 16.3. The lowest BCUT2D eigenvalue weighted by molar-refractivity contribution is -0.146. The maximum atomic E-state index is 10.8. The summed E-state index contributed by atoms with van der Waals surface area (Å²) < 4.78 is 1.76. The van der Waals surface area contributed by atoms with Crippen LogP contribution >= 0.6 is 0 Å². The highest BCUT2D eigenvalue weighted by Crippen LogP contribution is 2.12. The van der Waals surface area contributed by atoms with Crippen LogP contribution in [0.2, 0.25) is 0 Å². The molecule has 1 aromatic heterocycles. The molecule has 1 heterocycles. The first kappa shape index (κ1) is 12.7. The number of carboxylic acid groups (broad SMARTS) is 1. The zero-order valence-electron chi connectivity index (χ0n) is 10.0. The van der Waals surface area contributed by atoms with Crippen LogP contribution in [0.4, 0.5) is 0 Å². The van der Waals surface area contributed by atoms with Crippen LogP contribution in [0, 0.1) is 5.41 Å². The molecule has 1 rings (SSSR count). The zero-order chi connectivity index (χ0) is 12.2. The molecule has 90 valence electrons. The summed E-state index contributed by atoms with van der Waals surface area (Å²) in [6, 6.07) is 1.96. The second-order valence-corrected chi connectivity index (χ2v) is 4.60. The van der Waals surface area contributed by atoms with Gasteiger partial charge in [-0.25, -0.2) is 0 Å². The van der Waals surface area contributed by atoms with Gasteiger partial charge in [0.2, 0.25) is 0 Å². The number of carbonyl (C=O) groups is 1. The number of hydrogen-bond donors (Lipinski definition) is 2. The number of carboxylic acids is 1. The molecule has 0 unspecified atom stereocenters. The molecule has 0 atom stereocenters. The first-order valence-electron chi connectivity index (χ1n) is 5.34. The monoisotopic (exact) mass is 225 g/mol. The normalized spacial score (nSPS) is 11.7. The van der Waals surface area contributed by atoms with Gasteiger partial charge in [-0.05, 0) is 19.9 Å². The molecule has 0 radical (unpaired) electrons. The van der Waals surface area contributed by atoms with Crippen molar-refractivity contribution in [2.24, 2.45) is 12.5 Å². The number of hydrogen-bond acceptors (Lipinski definition) is 3. The molecular formula is C11H19N3O2. The second-order valence-electron chi connectivity index (χ2n) is 4.60. The van der Waals surface area contributed by atoms with Crippen LogP contribution in [0.25, 0.3) is 0 Å². The average Bonchev–Trinajstić information content (AvgIpc) is 2.59. The second kappa shape index (κ2) is 5.12. The van der Waals surface area contributed by atoms with E-state index < -0.39 is 11.4 Å². The van der Waals surface area contributed by atoms with Crippen molar-refractivity contribution < 1.29 is 9.90 Å². The molecule has 0 bridgehead atoms. The van der Waals surface area contributed by atoms with E-state index in [4.69, 9.17) is 5.11 Å². The third-order valence-electron chi connectivity index (χ3n) is 2.47. The Hall–Kier alpha value is -1.36. The Labute approximate surface area is 95.5 Å². The van der Waals surface area contributed by atoms with Crippen LogP contribution in [0.15, 0.2) is 12.3 Å². The largest absolute Gasteiger partial charge is 0.481 e. The fourth-order valence-electron chi connectivity index (χ4n) is 1.29. The van der Waals surface area contributed by atoms with Gasteiger partial charge in [0.25, 0.3) is 0 Å². The molecule has 0 fully saturated rings. The quantitative estimate of drug-likeness (QED) is 0.698. The number of nitrogens with one attached hydrogen (secondary N) is 1. The van der Waals surface area contributed by atoms with Crippen molar-refractivity contribution in [2.75, 3.05) is 13.1 Å². The summed E-state index contributed by atoms with van der Waals surface area (Å²) in [6.07, 6.45) is 2.72. The van der Waals surface area contributed by atoms with Gasteiger partial charge in [0.15, 0.2) is 0 Å². The summed E-state index contributed by atoms with van der Waals surface area (Å²) in [4.78, 5) is 10.8. The number of aliphatic carboxylic acids is 1. The van der Waals surface area contributed by atoms with Crippen molar-refractivity contribution in [2.45, 2.75) is 20.3 Å². The van der Waals surface area contributed by atoms with Gasteiger partial charge >= 0.3 is 5.97 Å². The van der Waals surface area contributed by atoms with Crippen LogP contribution in [-0.4, -0.2) is 33.9 Å². The van der Waals surface area contributed by atoms with Crippen molar-refractivity contribution in [1.82, 2.24) is 15.1 Å². The van der Waals surface area contributed by atoms with Crippen LogP contribution < -0.4 is 5.32 Å². The summed E-state index contributed by atoms with van der Waals surface area (Å²) in [5.74, 6) is -0.780. The fourth-order valence-corrected chi connectivity index (χ4v) is 1.29. The summed E-state index contributed by atoms with van der Waals surface area (Å²) in [7, 11) is 1.88. The molecule has 0 aliphatic carbocycles. The van der Waals surface area contributed by atoms with Gasteiger partial charge in [-0.15, -0.1) is 0 Å². The molecular weight excluding hydrogens is 206 g/mol. The van der Waals surface area contributed by atoms with Crippen molar-refractivity contribution >= 4 is 5.97 Å². The van der Waals surface area contributed by atoms with Crippen LogP contribution in [0.5, 0.6) is 0 Å². The minimum Gasteiger partial charge on any atom is -0.481 e. The Bertz CT molecular complexity index is 358. The first-order chi connectivity index (χ1) is 7.42. The standard InChI is InChI=1S/C11H19N3O2/c1-11(2,10(15)16)8-12-6-4-9-5-7-14(3)13-9/h5,7,12H,4,6,8H2,1-3H3,(H,15,16). The van der Waals surface area contributed by atoms with Crippen molar-refractivity contribution in [3.05, 3.63) is 18.0 Å². The SMILES string of the molecule is Cn1ccc(CCNCC(C)(C)C(=O)O)n1. The molecule has 0 aliphatic heterocycles. The highest BCUT2D eigenvalue weighted by Gasteiger charge is 2.26. The van der Waals surface area contributed by atoms with E-state index in [0.717, 1.165) is 18.7 Å². The fraction of sp³-hybridized carbons (Fsp3) is 0.636. The number of aryl methyl sites for hydroxylation is 1. The van der Waals surface area contributed by atoms with E-state index in [2.05, 4.69) is 10.4 Å². The van der Waals surface area contributed by atoms with Gasteiger partial charge in [0.1, 0.15) is 0 Å². The molecule has 1 aromatic rings. The van der Waals surface area contributed by atoms with E-state index in [1.54, 1.807) is 18.5 Å². The third kappa shape index (κ3) is 3.66. The van der Waals surface area contributed by atoms with E-state index >= 15 is 0 Å². The Morgan fingerprint density at radius 2 is 2.31 bits per heavy atom. The summed E-state index contributed by atoms with van der Waals surface area (Å²) in [6.45, 7) is 4.63. The average molecular weight is 225 g/mol. The first-order valence-corrected chi connectivity index (χ1v) is 5.34. The van der Waals surface area contributed by atoms with Gasteiger partial charge in [0.05, 0.1) is 11.1 Å². The topological polar surface area (TPSA) is 67.2 Å². The molecule has 0 amide bonds. The lowest BCUT2D eigenvalue weighted by Gasteiger charge is -2.19. The minimum atomic E-state index is -0.780. The van der Waals surface area contributed by atoms with Crippen LogP contribution in [0.1, 0.15) is 19.5 Å². The molecule has 0 saturated carbocycles. The van der Waals surface area contributed by atoms with Gasteiger partial charge in [0, 0.05) is 32.8 Å². The van der Waals surface area contributed by atoms with E-state index in [-0.39, 0.29) is 0 Å². The van der Waals surface area contributed by atoms with Crippen LogP contribution in [0.3, 0.4) is 0 Å². The molecule has 0 aromatic carbocycles. The van der Waals surface area contributed by atoms with Crippen molar-refractivity contribution in [3.63, 3.8) is 0 Å². The lowest BCUT2D eigenvalue weighted by atomic mass is 9.94. The number of nitrogens with zero attached hydrogens (tertiary/aromatic N) is 2. The van der Waals surface area contributed by atoms with E-state index in [1.807, 2.05) is 19.3 Å². The van der Waals surface area contributed by atoms with Gasteiger partial charge in [-0.1, -0.05) is 0 Å². The Morgan fingerprint density at radius 3 is 2.81 bits per heavy atom. The molecule has 0 aliphatic rings. The predicted molar refractivity (Wildman–Crippen MR) is 61.2 cm³/mol. The van der Waals surface area contributed by atoms with Crippen molar-refractivity contribution in [1.29, 1.82) is 0 Å². The Morgan fingerprint density at radius 1 is 1.62 bits per heavy atom. The van der Waals surface area contributed by atoms with Gasteiger partial charge in [-0.3, -0.25) is 9.48 Å². The maximum absolute atomic E-state index is 10.8.